The summed E-state index contributed by atoms with van der Waals surface area (Å²) in [5.74, 6) is -1.99. The minimum absolute atomic E-state index is 0.00155. The van der Waals surface area contributed by atoms with E-state index in [-0.39, 0.29) is 33.9 Å². The summed E-state index contributed by atoms with van der Waals surface area (Å²) in [6.45, 7) is 0. The van der Waals surface area contributed by atoms with Gasteiger partial charge in [-0.25, -0.2) is 21.9 Å². The number of methoxy groups -OCH3 is 1. The molecular weight excluding hydrogens is 384 g/mol. The van der Waals surface area contributed by atoms with E-state index in [1.165, 1.54) is 14.2 Å². The number of ether oxygens (including phenoxy) is 1. The molecule has 2 rings (SSSR count). The van der Waals surface area contributed by atoms with E-state index >= 15 is 0 Å². The summed E-state index contributed by atoms with van der Waals surface area (Å²) in [4.78, 5) is 10.1. The summed E-state index contributed by atoms with van der Waals surface area (Å²) < 4.78 is 59.2. The third-order valence-corrected chi connectivity index (χ3v) is 5.44. The van der Waals surface area contributed by atoms with Crippen LogP contribution in [0.5, 0.6) is 5.75 Å². The maximum atomic E-state index is 14.2. The number of nitro groups is 1. The van der Waals surface area contributed by atoms with Gasteiger partial charge in [-0.15, -0.1) is 0 Å². The van der Waals surface area contributed by atoms with Gasteiger partial charge in [0.05, 0.1) is 16.9 Å². The zero-order chi connectivity index (χ0) is 20.4. The first kappa shape index (κ1) is 20.7. The molecule has 0 saturated carbocycles. The third kappa shape index (κ3) is 4.38. The number of rotatable bonds is 7. The van der Waals surface area contributed by atoms with Gasteiger partial charge in [-0.2, -0.15) is 0 Å². The van der Waals surface area contributed by atoms with E-state index < -0.39 is 32.6 Å². The Labute approximate surface area is 154 Å². The van der Waals surface area contributed by atoms with Crippen molar-refractivity contribution in [1.29, 1.82) is 0 Å². The Balaban J connectivity index is 2.50. The molecule has 0 aromatic heterocycles. The van der Waals surface area contributed by atoms with Gasteiger partial charge in [0.15, 0.2) is 11.6 Å². The Morgan fingerprint density at radius 3 is 2.48 bits per heavy atom. The van der Waals surface area contributed by atoms with Crippen molar-refractivity contribution in [1.82, 2.24) is 4.72 Å². The fourth-order valence-electron chi connectivity index (χ4n) is 2.54. The summed E-state index contributed by atoms with van der Waals surface area (Å²) in [6, 6.07) is 3.66. The number of benzene rings is 2. The number of nitrogens with one attached hydrogen (secondary N) is 1. The Morgan fingerprint density at radius 2 is 1.93 bits per heavy atom. The van der Waals surface area contributed by atoms with Crippen molar-refractivity contribution in [3.05, 3.63) is 63.2 Å². The molecule has 0 saturated heterocycles. The normalized spacial score (nSPS) is 12.6. The van der Waals surface area contributed by atoms with E-state index in [2.05, 4.69) is 9.46 Å². The molecule has 0 unspecified atom stereocenters. The summed E-state index contributed by atoms with van der Waals surface area (Å²) in [7, 11) is -1.59. The number of nitrogens with zero attached hydrogens (tertiary/aromatic N) is 1. The van der Waals surface area contributed by atoms with Crippen LogP contribution in [0, 0.1) is 21.7 Å². The van der Waals surface area contributed by atoms with Crippen LogP contribution in [0.1, 0.15) is 17.2 Å². The molecule has 0 amide bonds. The SMILES string of the molecule is CNS(=O)(=O)c1ccc([N+](=O)[O-])cc1C[C@H](N)c1cc(F)c(OC)cc1F. The van der Waals surface area contributed by atoms with Gasteiger partial charge in [0.1, 0.15) is 5.82 Å². The van der Waals surface area contributed by atoms with Crippen molar-refractivity contribution >= 4 is 15.7 Å². The van der Waals surface area contributed by atoms with E-state index in [0.717, 1.165) is 30.3 Å². The van der Waals surface area contributed by atoms with Crippen LogP contribution < -0.4 is 15.2 Å². The van der Waals surface area contributed by atoms with Crippen molar-refractivity contribution < 1.29 is 26.9 Å². The van der Waals surface area contributed by atoms with Gasteiger partial charge in [0.25, 0.3) is 5.69 Å². The molecule has 2 aromatic carbocycles. The molecular formula is C16H17F2N3O5S. The number of halogens is 2. The van der Waals surface area contributed by atoms with Crippen molar-refractivity contribution in [2.24, 2.45) is 5.73 Å². The van der Waals surface area contributed by atoms with Crippen LogP contribution in [0.3, 0.4) is 0 Å². The van der Waals surface area contributed by atoms with Crippen LogP contribution in [-0.2, 0) is 16.4 Å². The highest BCUT2D eigenvalue weighted by Crippen LogP contribution is 2.29. The van der Waals surface area contributed by atoms with E-state index in [9.17, 15) is 27.3 Å². The van der Waals surface area contributed by atoms with Gasteiger partial charge in [-0.1, -0.05) is 0 Å². The molecule has 0 aliphatic rings. The molecule has 27 heavy (non-hydrogen) atoms. The summed E-state index contributed by atoms with van der Waals surface area (Å²) in [5, 5.41) is 11.0. The Hall–Kier alpha value is -2.63. The molecule has 11 heteroatoms. The smallest absolute Gasteiger partial charge is 0.269 e. The number of hydrogen-bond donors (Lipinski definition) is 2. The van der Waals surface area contributed by atoms with Crippen molar-refractivity contribution in [2.45, 2.75) is 17.4 Å². The topological polar surface area (TPSA) is 125 Å². The van der Waals surface area contributed by atoms with Crippen LogP contribution in [0.15, 0.2) is 35.2 Å². The second kappa shape index (κ2) is 7.94. The van der Waals surface area contributed by atoms with Gasteiger partial charge in [-0.3, -0.25) is 10.1 Å². The average Bonchev–Trinajstić information content (AvgIpc) is 2.62. The molecule has 2 aromatic rings. The van der Waals surface area contributed by atoms with Gasteiger partial charge in [0, 0.05) is 29.8 Å². The van der Waals surface area contributed by atoms with Crippen LogP contribution in [0.4, 0.5) is 14.5 Å². The van der Waals surface area contributed by atoms with Crippen molar-refractivity contribution in [3.63, 3.8) is 0 Å². The molecule has 0 radical (unpaired) electrons. The van der Waals surface area contributed by atoms with Gasteiger partial charge >= 0.3 is 0 Å². The average molecular weight is 401 g/mol. The lowest BCUT2D eigenvalue weighted by Gasteiger charge is -2.16. The van der Waals surface area contributed by atoms with E-state index in [4.69, 9.17) is 5.73 Å². The molecule has 146 valence electrons. The summed E-state index contributed by atoms with van der Waals surface area (Å²) in [6.07, 6.45) is -0.277. The molecule has 0 aliphatic heterocycles. The van der Waals surface area contributed by atoms with Gasteiger partial charge < -0.3 is 10.5 Å². The Morgan fingerprint density at radius 1 is 1.26 bits per heavy atom. The van der Waals surface area contributed by atoms with Crippen LogP contribution >= 0.6 is 0 Å². The monoisotopic (exact) mass is 401 g/mol. The number of hydrogen-bond acceptors (Lipinski definition) is 6. The maximum absolute atomic E-state index is 14.2. The highest BCUT2D eigenvalue weighted by Gasteiger charge is 2.23. The molecule has 3 N–H and O–H groups in total. The van der Waals surface area contributed by atoms with Crippen LogP contribution in [0.2, 0.25) is 0 Å². The van der Waals surface area contributed by atoms with Crippen LogP contribution in [0.25, 0.3) is 0 Å². The zero-order valence-corrected chi connectivity index (χ0v) is 15.2. The fraction of sp³-hybridized carbons (Fsp3) is 0.250. The molecule has 0 aliphatic carbocycles. The first-order valence-corrected chi connectivity index (χ1v) is 9.08. The lowest BCUT2D eigenvalue weighted by atomic mass is 9.98. The minimum Gasteiger partial charge on any atom is -0.494 e. The van der Waals surface area contributed by atoms with E-state index in [1.807, 2.05) is 0 Å². The summed E-state index contributed by atoms with van der Waals surface area (Å²) >= 11 is 0. The standard InChI is InChI=1S/C16H17F2N3O5S/c1-20-27(24,25)16-4-3-10(21(22)23)5-9(16)6-14(19)11-7-13(18)15(26-2)8-12(11)17/h3-5,7-8,14,20H,6,19H2,1-2H3/t14-/m0/s1. The molecule has 8 nitrogen and oxygen atoms in total. The van der Waals surface area contributed by atoms with Gasteiger partial charge in [-0.05, 0) is 31.2 Å². The zero-order valence-electron chi connectivity index (χ0n) is 14.4. The van der Waals surface area contributed by atoms with E-state index in [0.29, 0.717) is 0 Å². The first-order chi connectivity index (χ1) is 12.6. The quantitative estimate of drug-likeness (QED) is 0.540. The molecule has 1 atom stereocenters. The lowest BCUT2D eigenvalue weighted by Crippen LogP contribution is -2.22. The lowest BCUT2D eigenvalue weighted by molar-refractivity contribution is -0.385. The third-order valence-electron chi connectivity index (χ3n) is 3.92. The Kier molecular flexibility index (Phi) is 6.08. The van der Waals surface area contributed by atoms with Crippen LogP contribution in [-0.4, -0.2) is 27.5 Å². The van der Waals surface area contributed by atoms with Crippen molar-refractivity contribution in [3.8, 4) is 5.75 Å². The number of non-ortho nitro benzene ring substituents is 1. The second-order valence-corrected chi connectivity index (χ2v) is 7.43. The van der Waals surface area contributed by atoms with Gasteiger partial charge in [0.2, 0.25) is 10.0 Å². The predicted molar refractivity (Wildman–Crippen MR) is 92.9 cm³/mol. The highest BCUT2D eigenvalue weighted by atomic mass is 32.2. The predicted octanol–water partition coefficient (Wildman–Crippen LogP) is 2.03. The largest absolute Gasteiger partial charge is 0.494 e. The molecule has 0 bridgehead atoms. The second-order valence-electron chi connectivity index (χ2n) is 5.58. The minimum atomic E-state index is -3.94. The number of nitro benzene ring substituents is 1. The molecule has 0 spiro atoms. The number of nitrogens with two attached hydrogens (primary N) is 1. The summed E-state index contributed by atoms with van der Waals surface area (Å²) in [5.41, 5.74) is 5.37. The van der Waals surface area contributed by atoms with E-state index in [1.54, 1.807) is 0 Å². The molecule has 0 heterocycles. The Bertz CT molecular complexity index is 982. The maximum Gasteiger partial charge on any atom is 0.269 e. The highest BCUT2D eigenvalue weighted by molar-refractivity contribution is 7.89. The fourth-order valence-corrected chi connectivity index (χ4v) is 3.50. The number of sulfonamides is 1. The molecule has 0 fully saturated rings. The van der Waals surface area contributed by atoms with Crippen molar-refractivity contribution in [2.75, 3.05) is 14.2 Å². The first-order valence-electron chi connectivity index (χ1n) is 7.60.